The van der Waals surface area contributed by atoms with Gasteiger partial charge >= 0.3 is 5.97 Å². The van der Waals surface area contributed by atoms with Crippen molar-refractivity contribution in [3.8, 4) is 17.2 Å². The number of esters is 1. The molecule has 3 aromatic carbocycles. The number of benzene rings is 3. The molecule has 148 valence electrons. The van der Waals surface area contributed by atoms with Gasteiger partial charge in [0.05, 0.1) is 7.11 Å². The van der Waals surface area contributed by atoms with E-state index in [1.807, 2.05) is 49.4 Å². The fraction of sp³-hybridized carbons (Fsp3) is 0.125. The minimum absolute atomic E-state index is 0.444. The Bertz CT molecular complexity index is 1010. The van der Waals surface area contributed by atoms with Crippen molar-refractivity contribution in [3.63, 3.8) is 0 Å². The highest BCUT2D eigenvalue weighted by molar-refractivity contribution is 6.31. The number of ether oxygens (including phenoxy) is 3. The first-order valence-corrected chi connectivity index (χ1v) is 9.44. The minimum Gasteiger partial charge on any atom is -0.493 e. The summed E-state index contributed by atoms with van der Waals surface area (Å²) in [6.07, 6.45) is 3.03. The Hall–Kier alpha value is -3.24. The molecule has 0 unspecified atom stereocenters. The molecule has 29 heavy (non-hydrogen) atoms. The fourth-order valence-electron chi connectivity index (χ4n) is 2.64. The first-order chi connectivity index (χ1) is 14.0. The van der Waals surface area contributed by atoms with Crippen molar-refractivity contribution in [1.29, 1.82) is 0 Å². The number of methoxy groups -OCH3 is 1. The summed E-state index contributed by atoms with van der Waals surface area (Å²) < 4.78 is 16.6. The maximum absolute atomic E-state index is 12.1. The first-order valence-electron chi connectivity index (χ1n) is 9.06. The predicted molar refractivity (Wildman–Crippen MR) is 115 cm³/mol. The van der Waals surface area contributed by atoms with Gasteiger partial charge in [-0.25, -0.2) is 4.79 Å². The predicted octanol–water partition coefficient (Wildman–Crippen LogP) is 5.85. The molecule has 0 spiro atoms. The molecule has 0 aliphatic heterocycles. The Kier molecular flexibility index (Phi) is 6.93. The van der Waals surface area contributed by atoms with E-state index in [-0.39, 0.29) is 0 Å². The highest BCUT2D eigenvalue weighted by Gasteiger charge is 2.07. The second kappa shape index (κ2) is 9.80. The summed E-state index contributed by atoms with van der Waals surface area (Å²) in [5.41, 5.74) is 2.70. The second-order valence-corrected chi connectivity index (χ2v) is 6.76. The first kappa shape index (κ1) is 20.5. The molecule has 0 radical (unpaired) electrons. The molecule has 0 fully saturated rings. The molecule has 3 aromatic rings. The number of carbonyl (C=O) groups excluding carboxylic acids is 1. The van der Waals surface area contributed by atoms with Crippen LogP contribution in [0.4, 0.5) is 0 Å². The SMILES string of the molecule is COc1cc(/C=C/C(=O)Oc2ccc(Cl)c(C)c2)ccc1OCc1ccccc1. The summed E-state index contributed by atoms with van der Waals surface area (Å²) >= 11 is 5.98. The summed E-state index contributed by atoms with van der Waals surface area (Å²) in [7, 11) is 1.58. The van der Waals surface area contributed by atoms with E-state index < -0.39 is 5.97 Å². The van der Waals surface area contributed by atoms with Gasteiger partial charge in [-0.15, -0.1) is 0 Å². The summed E-state index contributed by atoms with van der Waals surface area (Å²) in [5.74, 6) is 1.19. The number of carbonyl (C=O) groups is 1. The van der Waals surface area contributed by atoms with Crippen LogP contribution in [0.5, 0.6) is 17.2 Å². The minimum atomic E-state index is -0.477. The van der Waals surface area contributed by atoms with Crippen LogP contribution in [-0.4, -0.2) is 13.1 Å². The van der Waals surface area contributed by atoms with E-state index in [9.17, 15) is 4.79 Å². The number of rotatable bonds is 7. The maximum atomic E-state index is 12.1. The average molecular weight is 409 g/mol. The quantitative estimate of drug-likeness (QED) is 0.279. The van der Waals surface area contributed by atoms with Crippen molar-refractivity contribution in [1.82, 2.24) is 0 Å². The van der Waals surface area contributed by atoms with Gasteiger partial charge in [0.15, 0.2) is 11.5 Å². The lowest BCUT2D eigenvalue weighted by Crippen LogP contribution is -2.03. The van der Waals surface area contributed by atoms with E-state index in [4.69, 9.17) is 25.8 Å². The van der Waals surface area contributed by atoms with Crippen molar-refractivity contribution in [2.24, 2.45) is 0 Å². The van der Waals surface area contributed by atoms with Gasteiger partial charge in [0.25, 0.3) is 0 Å². The van der Waals surface area contributed by atoms with Crippen molar-refractivity contribution in [3.05, 3.63) is 94.5 Å². The second-order valence-electron chi connectivity index (χ2n) is 6.35. The fourth-order valence-corrected chi connectivity index (χ4v) is 2.76. The van der Waals surface area contributed by atoms with Crippen LogP contribution >= 0.6 is 11.6 Å². The summed E-state index contributed by atoms with van der Waals surface area (Å²) in [6, 6.07) is 20.4. The van der Waals surface area contributed by atoms with Crippen LogP contribution < -0.4 is 14.2 Å². The molecule has 0 bridgehead atoms. The molecule has 0 aliphatic rings. The molecular formula is C24H21ClO4. The average Bonchev–Trinajstić information content (AvgIpc) is 2.74. The molecule has 3 rings (SSSR count). The van der Waals surface area contributed by atoms with Gasteiger partial charge < -0.3 is 14.2 Å². The van der Waals surface area contributed by atoms with Crippen molar-refractivity contribution in [2.45, 2.75) is 13.5 Å². The van der Waals surface area contributed by atoms with Gasteiger partial charge in [-0.05, 0) is 60.0 Å². The Morgan fingerprint density at radius 3 is 2.52 bits per heavy atom. The van der Waals surface area contributed by atoms with Gasteiger partial charge in [-0.3, -0.25) is 0 Å². The molecule has 0 saturated carbocycles. The van der Waals surface area contributed by atoms with Gasteiger partial charge in [-0.2, -0.15) is 0 Å². The molecule has 4 nitrogen and oxygen atoms in total. The highest BCUT2D eigenvalue weighted by Crippen LogP contribution is 2.29. The van der Waals surface area contributed by atoms with E-state index in [2.05, 4.69) is 0 Å². The highest BCUT2D eigenvalue weighted by atomic mass is 35.5. The lowest BCUT2D eigenvalue weighted by Gasteiger charge is -2.11. The number of hydrogen-bond acceptors (Lipinski definition) is 4. The summed E-state index contributed by atoms with van der Waals surface area (Å²) in [6.45, 7) is 2.29. The lowest BCUT2D eigenvalue weighted by atomic mass is 10.2. The third-order valence-electron chi connectivity index (χ3n) is 4.18. The van der Waals surface area contributed by atoms with Gasteiger partial charge in [-0.1, -0.05) is 48.0 Å². The third kappa shape index (κ3) is 5.87. The van der Waals surface area contributed by atoms with E-state index in [0.717, 1.165) is 16.7 Å². The van der Waals surface area contributed by atoms with Crippen LogP contribution in [0.3, 0.4) is 0 Å². The molecule has 0 aliphatic carbocycles. The molecular weight excluding hydrogens is 388 g/mol. The maximum Gasteiger partial charge on any atom is 0.336 e. The van der Waals surface area contributed by atoms with E-state index in [0.29, 0.717) is 28.9 Å². The lowest BCUT2D eigenvalue weighted by molar-refractivity contribution is -0.128. The molecule has 5 heteroatoms. The van der Waals surface area contributed by atoms with Crippen molar-refractivity contribution >= 4 is 23.6 Å². The van der Waals surface area contributed by atoms with Crippen LogP contribution in [0.25, 0.3) is 6.08 Å². The molecule has 0 heterocycles. The standard InChI is InChI=1S/C24H21ClO4/c1-17-14-20(10-11-21(17)25)29-24(26)13-9-18-8-12-22(23(15-18)27-2)28-16-19-6-4-3-5-7-19/h3-15H,16H2,1-2H3/b13-9+. The van der Waals surface area contributed by atoms with Gasteiger partial charge in [0.2, 0.25) is 0 Å². The van der Waals surface area contributed by atoms with Crippen LogP contribution in [0, 0.1) is 6.92 Å². The third-order valence-corrected chi connectivity index (χ3v) is 4.61. The smallest absolute Gasteiger partial charge is 0.336 e. The Morgan fingerprint density at radius 1 is 1.00 bits per heavy atom. The number of halogens is 1. The topological polar surface area (TPSA) is 44.8 Å². The number of aryl methyl sites for hydroxylation is 1. The van der Waals surface area contributed by atoms with E-state index >= 15 is 0 Å². The monoisotopic (exact) mass is 408 g/mol. The van der Waals surface area contributed by atoms with Crippen LogP contribution in [0.15, 0.2) is 72.8 Å². The summed E-state index contributed by atoms with van der Waals surface area (Å²) in [4.78, 5) is 12.1. The van der Waals surface area contributed by atoms with Gasteiger partial charge in [0, 0.05) is 11.1 Å². The molecule has 0 amide bonds. The summed E-state index contributed by atoms with van der Waals surface area (Å²) in [5, 5.41) is 0.627. The van der Waals surface area contributed by atoms with E-state index in [1.54, 1.807) is 37.5 Å². The molecule has 0 N–H and O–H groups in total. The zero-order valence-electron chi connectivity index (χ0n) is 16.2. The number of hydrogen-bond donors (Lipinski definition) is 0. The van der Waals surface area contributed by atoms with Crippen molar-refractivity contribution < 1.29 is 19.0 Å². The van der Waals surface area contributed by atoms with Gasteiger partial charge in [0.1, 0.15) is 12.4 Å². The largest absolute Gasteiger partial charge is 0.493 e. The normalized spacial score (nSPS) is 10.7. The van der Waals surface area contributed by atoms with Crippen LogP contribution in [-0.2, 0) is 11.4 Å². The van der Waals surface area contributed by atoms with Crippen LogP contribution in [0.1, 0.15) is 16.7 Å². The molecule has 0 aromatic heterocycles. The van der Waals surface area contributed by atoms with Crippen molar-refractivity contribution in [2.75, 3.05) is 7.11 Å². The zero-order chi connectivity index (χ0) is 20.6. The Morgan fingerprint density at radius 2 is 1.79 bits per heavy atom. The van der Waals surface area contributed by atoms with E-state index in [1.165, 1.54) is 6.08 Å². The Balaban J connectivity index is 1.64. The van der Waals surface area contributed by atoms with Crippen LogP contribution in [0.2, 0.25) is 5.02 Å². The molecule has 0 saturated heterocycles. The Labute approximate surface area is 175 Å². The molecule has 0 atom stereocenters. The zero-order valence-corrected chi connectivity index (χ0v) is 17.0.